The lowest BCUT2D eigenvalue weighted by molar-refractivity contribution is -0.116. The van der Waals surface area contributed by atoms with Crippen LogP contribution in [0.15, 0.2) is 35.2 Å². The predicted molar refractivity (Wildman–Crippen MR) is 110 cm³/mol. The molecule has 0 atom stereocenters. The van der Waals surface area contributed by atoms with Gasteiger partial charge >= 0.3 is 0 Å². The highest BCUT2D eigenvalue weighted by atomic mass is 35.5. The number of hydrogen-bond acceptors (Lipinski definition) is 3. The molecule has 2 aromatic carbocycles. The van der Waals surface area contributed by atoms with Gasteiger partial charge in [-0.15, -0.1) is 0 Å². The van der Waals surface area contributed by atoms with Gasteiger partial charge in [0, 0.05) is 26.2 Å². The zero-order valence-electron chi connectivity index (χ0n) is 15.6. The smallest absolute Gasteiger partial charge is 0.242 e. The van der Waals surface area contributed by atoms with Crippen molar-refractivity contribution in [2.24, 2.45) is 0 Å². The topological polar surface area (TPSA) is 66.5 Å². The number of carbonyl (C=O) groups excluding carboxylic acids is 1. The normalized spacial score (nSPS) is 11.7. The zero-order chi connectivity index (χ0) is 20.4. The number of nitrogens with zero attached hydrogens (tertiary/aromatic N) is 1. The first-order chi connectivity index (χ1) is 12.5. The van der Waals surface area contributed by atoms with Gasteiger partial charge in [-0.05, 0) is 55.2 Å². The van der Waals surface area contributed by atoms with E-state index in [9.17, 15) is 13.2 Å². The van der Waals surface area contributed by atoms with E-state index in [4.69, 9.17) is 23.2 Å². The highest BCUT2D eigenvalue weighted by Gasteiger charge is 2.20. The van der Waals surface area contributed by atoms with Crippen LogP contribution in [-0.2, 0) is 21.2 Å². The number of aryl methyl sites for hydroxylation is 2. The summed E-state index contributed by atoms with van der Waals surface area (Å²) in [5, 5.41) is 3.70. The molecule has 2 aromatic rings. The molecule has 0 radical (unpaired) electrons. The Labute approximate surface area is 170 Å². The second-order valence-corrected chi connectivity index (χ2v) is 9.40. The molecule has 0 unspecified atom stereocenters. The van der Waals surface area contributed by atoms with Crippen LogP contribution in [0.5, 0.6) is 0 Å². The van der Waals surface area contributed by atoms with Gasteiger partial charge in [-0.1, -0.05) is 35.3 Å². The lowest BCUT2D eigenvalue weighted by atomic mass is 10.1. The SMILES string of the molecule is Cc1cc(S(=O)(=O)N(C)C)cc(NC(=O)CCc2cccc(Cl)c2Cl)c1C. The average Bonchev–Trinajstić information content (AvgIpc) is 2.59. The molecule has 2 rings (SSSR count). The van der Waals surface area contributed by atoms with Crippen LogP contribution in [-0.4, -0.2) is 32.7 Å². The maximum atomic E-state index is 12.4. The van der Waals surface area contributed by atoms with E-state index >= 15 is 0 Å². The summed E-state index contributed by atoms with van der Waals surface area (Å²) in [6.45, 7) is 3.65. The Balaban J connectivity index is 2.20. The maximum absolute atomic E-state index is 12.4. The van der Waals surface area contributed by atoms with Crippen molar-refractivity contribution in [1.29, 1.82) is 0 Å². The Kier molecular flexibility index (Phi) is 6.92. The predicted octanol–water partition coefficient (Wildman–Crippen LogP) is 4.43. The van der Waals surface area contributed by atoms with Crippen molar-refractivity contribution < 1.29 is 13.2 Å². The first kappa shape index (κ1) is 21.7. The van der Waals surface area contributed by atoms with Gasteiger partial charge in [0.15, 0.2) is 0 Å². The molecule has 0 saturated heterocycles. The van der Waals surface area contributed by atoms with E-state index in [1.165, 1.54) is 20.2 Å². The van der Waals surface area contributed by atoms with Crippen molar-refractivity contribution in [2.75, 3.05) is 19.4 Å². The van der Waals surface area contributed by atoms with Gasteiger partial charge in [0.05, 0.1) is 14.9 Å². The van der Waals surface area contributed by atoms with E-state index in [0.717, 1.165) is 21.0 Å². The third kappa shape index (κ3) is 5.02. The number of halogens is 2. The minimum Gasteiger partial charge on any atom is -0.326 e. The molecular weight excluding hydrogens is 407 g/mol. The number of amides is 1. The van der Waals surface area contributed by atoms with Crippen LogP contribution < -0.4 is 5.32 Å². The third-order valence-corrected chi connectivity index (χ3v) is 7.00. The Morgan fingerprint density at radius 3 is 2.44 bits per heavy atom. The molecule has 1 amide bonds. The van der Waals surface area contributed by atoms with Crippen molar-refractivity contribution >= 4 is 44.8 Å². The van der Waals surface area contributed by atoms with E-state index < -0.39 is 10.0 Å². The fourth-order valence-electron chi connectivity index (χ4n) is 2.52. The van der Waals surface area contributed by atoms with Gasteiger partial charge in [0.1, 0.15) is 0 Å². The van der Waals surface area contributed by atoms with Crippen LogP contribution in [0.4, 0.5) is 5.69 Å². The summed E-state index contributed by atoms with van der Waals surface area (Å²) in [6.07, 6.45) is 0.627. The number of nitrogens with one attached hydrogen (secondary N) is 1. The molecular formula is C19H22Cl2N2O3S. The average molecular weight is 429 g/mol. The number of anilines is 1. The van der Waals surface area contributed by atoms with Crippen molar-refractivity contribution in [3.63, 3.8) is 0 Å². The zero-order valence-corrected chi connectivity index (χ0v) is 18.0. The van der Waals surface area contributed by atoms with E-state index in [1.807, 2.05) is 19.9 Å². The summed E-state index contributed by atoms with van der Waals surface area (Å²) in [4.78, 5) is 12.5. The van der Waals surface area contributed by atoms with E-state index in [-0.39, 0.29) is 17.2 Å². The van der Waals surface area contributed by atoms with Gasteiger partial charge in [-0.3, -0.25) is 4.79 Å². The summed E-state index contributed by atoms with van der Waals surface area (Å²) >= 11 is 12.1. The fraction of sp³-hybridized carbons (Fsp3) is 0.316. The summed E-state index contributed by atoms with van der Waals surface area (Å²) in [5.41, 5.74) is 2.88. The number of carbonyl (C=O) groups is 1. The molecule has 27 heavy (non-hydrogen) atoms. The third-order valence-electron chi connectivity index (χ3n) is 4.35. The second kappa shape index (κ2) is 8.61. The quantitative estimate of drug-likeness (QED) is 0.739. The van der Waals surface area contributed by atoms with Crippen LogP contribution in [0.1, 0.15) is 23.1 Å². The number of benzene rings is 2. The lowest BCUT2D eigenvalue weighted by Gasteiger charge is -2.16. The van der Waals surface area contributed by atoms with E-state index in [2.05, 4.69) is 5.32 Å². The summed E-state index contributed by atoms with van der Waals surface area (Å²) in [7, 11) is -0.651. The monoisotopic (exact) mass is 428 g/mol. The van der Waals surface area contributed by atoms with Gasteiger partial charge in [-0.2, -0.15) is 0 Å². The molecule has 0 heterocycles. The molecule has 0 aromatic heterocycles. The Morgan fingerprint density at radius 1 is 1.15 bits per heavy atom. The van der Waals surface area contributed by atoms with Gasteiger partial charge in [0.2, 0.25) is 15.9 Å². The van der Waals surface area contributed by atoms with E-state index in [0.29, 0.717) is 22.2 Å². The minimum atomic E-state index is -3.59. The van der Waals surface area contributed by atoms with Crippen LogP contribution in [0.2, 0.25) is 10.0 Å². The molecule has 8 heteroatoms. The molecule has 0 aliphatic carbocycles. The number of rotatable bonds is 6. The van der Waals surface area contributed by atoms with Gasteiger partial charge in [-0.25, -0.2) is 12.7 Å². The molecule has 0 spiro atoms. The first-order valence-electron chi connectivity index (χ1n) is 8.30. The first-order valence-corrected chi connectivity index (χ1v) is 10.5. The molecule has 0 fully saturated rings. The second-order valence-electron chi connectivity index (χ2n) is 6.46. The molecule has 146 valence electrons. The highest BCUT2D eigenvalue weighted by molar-refractivity contribution is 7.89. The van der Waals surface area contributed by atoms with Crippen molar-refractivity contribution in [2.45, 2.75) is 31.6 Å². The fourth-order valence-corrected chi connectivity index (χ4v) is 3.95. The van der Waals surface area contributed by atoms with Crippen molar-refractivity contribution in [3.05, 3.63) is 57.1 Å². The van der Waals surface area contributed by atoms with Crippen molar-refractivity contribution in [3.8, 4) is 0 Å². The van der Waals surface area contributed by atoms with Crippen molar-refractivity contribution in [1.82, 2.24) is 4.31 Å². The Bertz CT molecular complexity index is 973. The van der Waals surface area contributed by atoms with Crippen LogP contribution in [0, 0.1) is 13.8 Å². The maximum Gasteiger partial charge on any atom is 0.242 e. The number of sulfonamides is 1. The van der Waals surface area contributed by atoms with Crippen LogP contribution in [0.25, 0.3) is 0 Å². The van der Waals surface area contributed by atoms with Gasteiger partial charge < -0.3 is 5.32 Å². The lowest BCUT2D eigenvalue weighted by Crippen LogP contribution is -2.23. The summed E-state index contributed by atoms with van der Waals surface area (Å²) in [5.74, 6) is -0.229. The van der Waals surface area contributed by atoms with E-state index in [1.54, 1.807) is 18.2 Å². The molecule has 0 aliphatic heterocycles. The summed E-state index contributed by atoms with van der Waals surface area (Å²) < 4.78 is 25.9. The molecule has 0 bridgehead atoms. The van der Waals surface area contributed by atoms with Crippen LogP contribution >= 0.6 is 23.2 Å². The highest BCUT2D eigenvalue weighted by Crippen LogP contribution is 2.28. The Hall–Kier alpha value is -1.60. The minimum absolute atomic E-state index is 0.142. The summed E-state index contributed by atoms with van der Waals surface area (Å²) in [6, 6.07) is 8.38. The molecule has 1 N–H and O–H groups in total. The van der Waals surface area contributed by atoms with Crippen LogP contribution in [0.3, 0.4) is 0 Å². The molecule has 5 nitrogen and oxygen atoms in total. The largest absolute Gasteiger partial charge is 0.326 e. The molecule has 0 saturated carbocycles. The van der Waals surface area contributed by atoms with Gasteiger partial charge in [0.25, 0.3) is 0 Å². The standard InChI is InChI=1S/C19H22Cl2N2O3S/c1-12-10-15(27(25,26)23(3)4)11-17(13(12)2)22-18(24)9-8-14-6-5-7-16(20)19(14)21/h5-7,10-11H,8-9H2,1-4H3,(H,22,24). The number of hydrogen-bond donors (Lipinski definition) is 1. The molecule has 0 aliphatic rings. The Morgan fingerprint density at radius 2 is 1.81 bits per heavy atom.